The van der Waals surface area contributed by atoms with Crippen molar-refractivity contribution < 1.29 is 24.5 Å². The van der Waals surface area contributed by atoms with Crippen LogP contribution < -0.4 is 5.73 Å². The summed E-state index contributed by atoms with van der Waals surface area (Å²) < 4.78 is 4.55. The summed E-state index contributed by atoms with van der Waals surface area (Å²) in [5.41, 5.74) is 6.12. The Balaban J connectivity index is 0.000000351. The Morgan fingerprint density at radius 1 is 1.33 bits per heavy atom. The summed E-state index contributed by atoms with van der Waals surface area (Å²) in [5, 5.41) is 18.5. The molecule has 1 aliphatic heterocycles. The Kier molecular flexibility index (Phi) is 7.03. The first-order valence-electron chi connectivity index (χ1n) is 7.82. The monoisotopic (exact) mass is 338 g/mol. The van der Waals surface area contributed by atoms with Gasteiger partial charge in [0.2, 0.25) is 0 Å². The average molecular weight is 338 g/mol. The molecule has 0 aromatic heterocycles. The van der Waals surface area contributed by atoms with Gasteiger partial charge in [0.05, 0.1) is 5.69 Å². The van der Waals surface area contributed by atoms with Crippen LogP contribution in [0.5, 0.6) is 5.75 Å². The average Bonchev–Trinajstić information content (AvgIpc) is 2.94. The number of carboxylic acid groups (broad SMARTS) is 1. The molecule has 0 aliphatic carbocycles. The number of likely N-dealkylation sites (tertiary alicyclic amines) is 1. The van der Waals surface area contributed by atoms with Gasteiger partial charge in [-0.05, 0) is 64.4 Å². The zero-order valence-corrected chi connectivity index (χ0v) is 14.4. The smallest absolute Gasteiger partial charge is 0.339 e. The highest BCUT2D eigenvalue weighted by molar-refractivity contribution is 5.93. The number of phenols is 1. The van der Waals surface area contributed by atoms with E-state index in [0.29, 0.717) is 13.0 Å². The van der Waals surface area contributed by atoms with Crippen LogP contribution in [0.25, 0.3) is 0 Å². The fraction of sp³-hybridized carbons (Fsp3) is 0.529. The van der Waals surface area contributed by atoms with Crippen molar-refractivity contribution in [1.29, 1.82) is 0 Å². The van der Waals surface area contributed by atoms with Crippen molar-refractivity contribution in [3.63, 3.8) is 0 Å². The van der Waals surface area contributed by atoms with Crippen molar-refractivity contribution in [3.8, 4) is 5.75 Å². The van der Waals surface area contributed by atoms with Crippen molar-refractivity contribution in [2.45, 2.75) is 45.8 Å². The minimum atomic E-state index is -1.16. The lowest BCUT2D eigenvalue weighted by atomic mass is 10.1. The van der Waals surface area contributed by atoms with Gasteiger partial charge >= 0.3 is 5.97 Å². The Morgan fingerprint density at radius 2 is 1.92 bits per heavy atom. The Hall–Kier alpha value is -2.28. The minimum Gasteiger partial charge on any atom is -0.505 e. The number of hydrogen-bond donors (Lipinski definition) is 3. The van der Waals surface area contributed by atoms with Crippen LogP contribution in [0.1, 0.15) is 49.5 Å². The lowest BCUT2D eigenvalue weighted by Crippen LogP contribution is -2.18. The van der Waals surface area contributed by atoms with E-state index in [0.717, 1.165) is 18.7 Å². The minimum absolute atomic E-state index is 0.124. The number of nitrogens with two attached hydrogens (primary N) is 1. The molecule has 24 heavy (non-hydrogen) atoms. The summed E-state index contributed by atoms with van der Waals surface area (Å²) in [7, 11) is 0. The van der Waals surface area contributed by atoms with E-state index in [1.54, 1.807) is 6.07 Å². The van der Waals surface area contributed by atoms with E-state index >= 15 is 0 Å². The Labute approximate surface area is 142 Å². The first kappa shape index (κ1) is 19.8. The van der Waals surface area contributed by atoms with E-state index in [1.165, 1.54) is 18.9 Å². The lowest BCUT2D eigenvalue weighted by Gasteiger charge is -2.15. The second-order valence-electron chi connectivity index (χ2n) is 6.70. The van der Waals surface area contributed by atoms with Crippen molar-refractivity contribution in [2.24, 2.45) is 0 Å². The van der Waals surface area contributed by atoms with Crippen LogP contribution in [-0.4, -0.2) is 46.2 Å². The molecule has 7 heteroatoms. The standard InChI is InChI=1S/C12H16N2O3.C5H10O2/c13-10-6-8(7-14-3-1-2-4-14)5-9(11(10)15)12(16)17;1-5(2,3)7-4-6/h5-6,15H,1-4,7,13H2,(H,16,17);4H,1-3H3. The predicted octanol–water partition coefficient (Wildman–Crippen LogP) is 2.23. The zero-order valence-electron chi connectivity index (χ0n) is 14.4. The highest BCUT2D eigenvalue weighted by Crippen LogP contribution is 2.28. The first-order chi connectivity index (χ1) is 11.1. The summed E-state index contributed by atoms with van der Waals surface area (Å²) >= 11 is 0. The van der Waals surface area contributed by atoms with E-state index in [2.05, 4.69) is 9.64 Å². The third-order valence-corrected chi connectivity index (χ3v) is 3.44. The van der Waals surface area contributed by atoms with Gasteiger partial charge in [0.25, 0.3) is 6.47 Å². The third kappa shape index (κ3) is 6.45. The molecule has 0 bridgehead atoms. The molecule has 0 amide bonds. The van der Waals surface area contributed by atoms with E-state index in [-0.39, 0.29) is 22.6 Å². The molecule has 134 valence electrons. The highest BCUT2D eigenvalue weighted by atomic mass is 16.5. The molecular weight excluding hydrogens is 312 g/mol. The molecular formula is C17H26N2O5. The largest absolute Gasteiger partial charge is 0.505 e. The van der Waals surface area contributed by atoms with Gasteiger partial charge in [0.15, 0.2) is 5.75 Å². The van der Waals surface area contributed by atoms with Gasteiger partial charge in [-0.3, -0.25) is 9.69 Å². The Morgan fingerprint density at radius 3 is 2.33 bits per heavy atom. The number of hydrogen-bond acceptors (Lipinski definition) is 6. The van der Waals surface area contributed by atoms with Crippen LogP contribution in [0.2, 0.25) is 0 Å². The van der Waals surface area contributed by atoms with E-state index in [9.17, 15) is 14.7 Å². The van der Waals surface area contributed by atoms with Crippen LogP contribution in [0.3, 0.4) is 0 Å². The quantitative estimate of drug-likeness (QED) is 0.438. The number of carbonyl (C=O) groups is 2. The number of benzene rings is 1. The van der Waals surface area contributed by atoms with Gasteiger partial charge in [-0.1, -0.05) is 0 Å². The van der Waals surface area contributed by atoms with Crippen LogP contribution in [0.15, 0.2) is 12.1 Å². The van der Waals surface area contributed by atoms with Crippen molar-refractivity contribution >= 4 is 18.1 Å². The molecule has 0 radical (unpaired) electrons. The number of anilines is 1. The maximum absolute atomic E-state index is 10.9. The molecule has 0 spiro atoms. The van der Waals surface area contributed by atoms with Crippen LogP contribution >= 0.6 is 0 Å². The van der Waals surface area contributed by atoms with Gasteiger partial charge < -0.3 is 20.7 Å². The molecule has 0 unspecified atom stereocenters. The van der Waals surface area contributed by atoms with Crippen LogP contribution in [0.4, 0.5) is 5.69 Å². The number of aromatic carboxylic acids is 1. The Bertz CT molecular complexity index is 575. The van der Waals surface area contributed by atoms with Crippen molar-refractivity contribution in [2.75, 3.05) is 18.8 Å². The maximum atomic E-state index is 10.9. The summed E-state index contributed by atoms with van der Waals surface area (Å²) in [5.74, 6) is -1.50. The third-order valence-electron chi connectivity index (χ3n) is 3.44. The molecule has 1 heterocycles. The molecule has 1 aromatic rings. The van der Waals surface area contributed by atoms with Crippen LogP contribution in [-0.2, 0) is 16.1 Å². The molecule has 7 nitrogen and oxygen atoms in total. The van der Waals surface area contributed by atoms with Gasteiger partial charge in [-0.2, -0.15) is 0 Å². The van der Waals surface area contributed by atoms with E-state index < -0.39 is 5.97 Å². The SMILES string of the molecule is CC(C)(C)OC=O.Nc1cc(CN2CCCC2)cc(C(=O)O)c1O. The molecule has 0 atom stereocenters. The normalized spacial score (nSPS) is 14.6. The molecule has 0 saturated carbocycles. The van der Waals surface area contributed by atoms with Gasteiger partial charge in [0.1, 0.15) is 11.2 Å². The zero-order chi connectivity index (χ0) is 18.3. The maximum Gasteiger partial charge on any atom is 0.339 e. The first-order valence-corrected chi connectivity index (χ1v) is 7.82. The molecule has 1 aliphatic rings. The number of nitrogen functional groups attached to an aromatic ring is 1. The fourth-order valence-corrected chi connectivity index (χ4v) is 2.32. The summed E-state index contributed by atoms with van der Waals surface area (Å²) in [6.07, 6.45) is 2.36. The highest BCUT2D eigenvalue weighted by Gasteiger charge is 2.17. The molecule has 1 aromatic carbocycles. The second kappa shape index (κ2) is 8.54. The predicted molar refractivity (Wildman–Crippen MR) is 90.9 cm³/mol. The van der Waals surface area contributed by atoms with Gasteiger partial charge in [-0.15, -0.1) is 0 Å². The molecule has 1 fully saturated rings. The molecule has 4 N–H and O–H groups in total. The number of carbonyl (C=O) groups excluding carboxylic acids is 1. The summed E-state index contributed by atoms with van der Waals surface area (Å²) in [6, 6.07) is 3.13. The second-order valence-corrected chi connectivity index (χ2v) is 6.70. The topological polar surface area (TPSA) is 113 Å². The van der Waals surface area contributed by atoms with Gasteiger partial charge in [-0.25, -0.2) is 4.79 Å². The van der Waals surface area contributed by atoms with E-state index in [1.807, 2.05) is 20.8 Å². The van der Waals surface area contributed by atoms with Crippen LogP contribution in [0, 0.1) is 0 Å². The summed E-state index contributed by atoms with van der Waals surface area (Å²) in [6.45, 7) is 8.67. The van der Waals surface area contributed by atoms with Crippen molar-refractivity contribution in [3.05, 3.63) is 23.3 Å². The number of carboxylic acids is 1. The van der Waals surface area contributed by atoms with E-state index in [4.69, 9.17) is 10.8 Å². The number of rotatable bonds is 4. The van der Waals surface area contributed by atoms with Gasteiger partial charge in [0, 0.05) is 6.54 Å². The summed E-state index contributed by atoms with van der Waals surface area (Å²) in [4.78, 5) is 22.8. The molecule has 1 saturated heterocycles. The fourth-order valence-electron chi connectivity index (χ4n) is 2.32. The van der Waals surface area contributed by atoms with Crippen molar-refractivity contribution in [1.82, 2.24) is 4.90 Å². The lowest BCUT2D eigenvalue weighted by molar-refractivity contribution is -0.138. The number of nitrogens with zero attached hydrogens (tertiary/aromatic N) is 1. The molecule has 2 rings (SSSR count). The number of ether oxygens (including phenoxy) is 1. The number of aromatic hydroxyl groups is 1.